The zero-order valence-corrected chi connectivity index (χ0v) is 15.3. The van der Waals surface area contributed by atoms with Gasteiger partial charge in [0.2, 0.25) is 0 Å². The fraction of sp³-hybridized carbons (Fsp3) is 0.455. The normalized spacial score (nSPS) is 10.8. The lowest BCUT2D eigenvalue weighted by Crippen LogP contribution is -2.00. The summed E-state index contributed by atoms with van der Waals surface area (Å²) < 4.78 is 10.9. The van der Waals surface area contributed by atoms with Crippen LogP contribution >= 0.6 is 0 Å². The summed E-state index contributed by atoms with van der Waals surface area (Å²) in [6, 6.07) is 15.3. The van der Waals surface area contributed by atoms with Gasteiger partial charge in [0.1, 0.15) is 5.75 Å². The Labute approximate surface area is 146 Å². The number of ether oxygens (including phenoxy) is 2. The lowest BCUT2D eigenvalue weighted by Gasteiger charge is -2.11. The van der Waals surface area contributed by atoms with Gasteiger partial charge in [-0.2, -0.15) is 0 Å². The fourth-order valence-electron chi connectivity index (χ4n) is 2.79. The lowest BCUT2D eigenvalue weighted by atomic mass is 10.00. The molecule has 0 aliphatic rings. The Bertz CT molecular complexity index is 602. The average Bonchev–Trinajstić information content (AvgIpc) is 2.59. The molecular formula is C22H30O2. The third-order valence-electron chi connectivity index (χ3n) is 4.38. The number of aryl methyl sites for hydroxylation is 4. The van der Waals surface area contributed by atoms with E-state index in [0.29, 0.717) is 0 Å². The molecule has 0 fully saturated rings. The maximum absolute atomic E-state index is 5.86. The Balaban J connectivity index is 1.77. The van der Waals surface area contributed by atoms with Crippen LogP contribution in [0.15, 0.2) is 42.5 Å². The van der Waals surface area contributed by atoms with Crippen molar-refractivity contribution in [1.29, 1.82) is 0 Å². The van der Waals surface area contributed by atoms with Gasteiger partial charge in [-0.3, -0.25) is 0 Å². The molecule has 0 N–H and O–H groups in total. The van der Waals surface area contributed by atoms with Crippen molar-refractivity contribution in [3.63, 3.8) is 0 Å². The first-order valence-corrected chi connectivity index (χ1v) is 8.96. The minimum Gasteiger partial charge on any atom is -0.494 e. The van der Waals surface area contributed by atoms with Gasteiger partial charge in [-0.25, -0.2) is 0 Å². The van der Waals surface area contributed by atoms with E-state index in [4.69, 9.17) is 9.47 Å². The van der Waals surface area contributed by atoms with Gasteiger partial charge in [0, 0.05) is 13.7 Å². The molecule has 2 nitrogen and oxygen atoms in total. The van der Waals surface area contributed by atoms with E-state index in [9.17, 15) is 0 Å². The van der Waals surface area contributed by atoms with Gasteiger partial charge in [0.05, 0.1) is 6.61 Å². The smallest absolute Gasteiger partial charge is 0.119 e. The first-order chi connectivity index (χ1) is 11.7. The van der Waals surface area contributed by atoms with Crippen LogP contribution in [0.25, 0.3) is 0 Å². The summed E-state index contributed by atoms with van der Waals surface area (Å²) in [7, 11) is 1.75. The van der Waals surface area contributed by atoms with Crippen molar-refractivity contribution in [1.82, 2.24) is 0 Å². The van der Waals surface area contributed by atoms with Crippen LogP contribution in [0.2, 0.25) is 0 Å². The van der Waals surface area contributed by atoms with Crippen molar-refractivity contribution in [2.24, 2.45) is 0 Å². The van der Waals surface area contributed by atoms with Crippen LogP contribution in [0.3, 0.4) is 0 Å². The zero-order chi connectivity index (χ0) is 17.2. The molecule has 0 aliphatic heterocycles. The summed E-state index contributed by atoms with van der Waals surface area (Å²) in [4.78, 5) is 0. The zero-order valence-electron chi connectivity index (χ0n) is 15.3. The van der Waals surface area contributed by atoms with Crippen molar-refractivity contribution < 1.29 is 9.47 Å². The van der Waals surface area contributed by atoms with Gasteiger partial charge in [0.25, 0.3) is 0 Å². The van der Waals surface area contributed by atoms with Gasteiger partial charge in [0.15, 0.2) is 0 Å². The predicted molar refractivity (Wildman–Crippen MR) is 101 cm³/mol. The Morgan fingerprint density at radius 3 is 2.25 bits per heavy atom. The minimum atomic E-state index is 0.784. The van der Waals surface area contributed by atoms with Crippen LogP contribution in [-0.2, 0) is 17.6 Å². The van der Waals surface area contributed by atoms with E-state index < -0.39 is 0 Å². The van der Waals surface area contributed by atoms with Gasteiger partial charge in [-0.05, 0) is 74.8 Å². The van der Waals surface area contributed by atoms with Crippen LogP contribution in [-0.4, -0.2) is 20.3 Å². The molecule has 24 heavy (non-hydrogen) atoms. The summed E-state index contributed by atoms with van der Waals surface area (Å²) in [6.07, 6.45) is 5.50. The maximum Gasteiger partial charge on any atom is 0.119 e. The van der Waals surface area contributed by atoms with E-state index in [1.54, 1.807) is 7.11 Å². The second-order valence-corrected chi connectivity index (χ2v) is 6.48. The highest BCUT2D eigenvalue weighted by Crippen LogP contribution is 2.19. The molecule has 0 saturated heterocycles. The maximum atomic E-state index is 5.86. The summed E-state index contributed by atoms with van der Waals surface area (Å²) in [5, 5.41) is 0. The summed E-state index contributed by atoms with van der Waals surface area (Å²) in [5.74, 6) is 0.985. The highest BCUT2D eigenvalue weighted by Gasteiger charge is 2.02. The van der Waals surface area contributed by atoms with Crippen molar-refractivity contribution in [2.75, 3.05) is 20.3 Å². The summed E-state index contributed by atoms with van der Waals surface area (Å²) in [6.45, 7) is 5.93. The summed E-state index contributed by atoms with van der Waals surface area (Å²) in [5.41, 5.74) is 5.44. The standard InChI is InChI=1S/C22H30O2/c1-18-7-9-20(10-8-18)11-12-21-13-14-22(17-19(21)2)24-16-6-4-5-15-23-3/h7-10,13-14,17H,4-6,11-12,15-16H2,1-3H3. The highest BCUT2D eigenvalue weighted by molar-refractivity contribution is 5.35. The number of benzene rings is 2. The topological polar surface area (TPSA) is 18.5 Å². The highest BCUT2D eigenvalue weighted by atomic mass is 16.5. The van der Waals surface area contributed by atoms with Crippen molar-refractivity contribution in [3.05, 3.63) is 64.7 Å². The molecule has 0 heterocycles. The Morgan fingerprint density at radius 2 is 1.54 bits per heavy atom. The number of methoxy groups -OCH3 is 1. The second-order valence-electron chi connectivity index (χ2n) is 6.48. The first-order valence-electron chi connectivity index (χ1n) is 8.96. The molecule has 0 amide bonds. The van der Waals surface area contributed by atoms with E-state index in [2.05, 4.69) is 56.3 Å². The molecule has 0 aromatic heterocycles. The number of unbranched alkanes of at least 4 members (excludes halogenated alkanes) is 2. The third kappa shape index (κ3) is 6.37. The molecule has 130 valence electrons. The lowest BCUT2D eigenvalue weighted by molar-refractivity contribution is 0.189. The molecule has 0 atom stereocenters. The fourth-order valence-corrected chi connectivity index (χ4v) is 2.79. The number of hydrogen-bond donors (Lipinski definition) is 0. The number of hydrogen-bond acceptors (Lipinski definition) is 2. The molecule has 0 saturated carbocycles. The van der Waals surface area contributed by atoms with Gasteiger partial charge >= 0.3 is 0 Å². The second kappa shape index (κ2) is 10.1. The Morgan fingerprint density at radius 1 is 0.792 bits per heavy atom. The van der Waals surface area contributed by atoms with Gasteiger partial charge in [-0.15, -0.1) is 0 Å². The quantitative estimate of drug-likeness (QED) is 0.553. The van der Waals surface area contributed by atoms with E-state index >= 15 is 0 Å². The van der Waals surface area contributed by atoms with Crippen molar-refractivity contribution in [3.8, 4) is 5.75 Å². The van der Waals surface area contributed by atoms with Crippen LogP contribution in [0, 0.1) is 13.8 Å². The number of rotatable bonds is 10. The molecule has 0 aliphatic carbocycles. The minimum absolute atomic E-state index is 0.784. The van der Waals surface area contributed by atoms with Crippen molar-refractivity contribution >= 4 is 0 Å². The molecule has 2 rings (SSSR count). The summed E-state index contributed by atoms with van der Waals surface area (Å²) >= 11 is 0. The van der Waals surface area contributed by atoms with Crippen LogP contribution in [0.4, 0.5) is 0 Å². The SMILES string of the molecule is COCCCCCOc1ccc(CCc2ccc(C)cc2)c(C)c1. The first kappa shape index (κ1) is 18.5. The molecule has 0 bridgehead atoms. The predicted octanol–water partition coefficient (Wildman–Crippen LogP) is 5.28. The monoisotopic (exact) mass is 326 g/mol. The van der Waals surface area contributed by atoms with E-state index in [-0.39, 0.29) is 0 Å². The van der Waals surface area contributed by atoms with Gasteiger partial charge < -0.3 is 9.47 Å². The largest absolute Gasteiger partial charge is 0.494 e. The molecular weight excluding hydrogens is 296 g/mol. The van der Waals surface area contributed by atoms with E-state index in [0.717, 1.165) is 51.1 Å². The molecule has 0 spiro atoms. The van der Waals surface area contributed by atoms with Crippen molar-refractivity contribution in [2.45, 2.75) is 46.0 Å². The Hall–Kier alpha value is -1.80. The van der Waals surface area contributed by atoms with E-state index in [1.807, 2.05) is 0 Å². The molecule has 2 aromatic rings. The van der Waals surface area contributed by atoms with Crippen LogP contribution in [0.5, 0.6) is 5.75 Å². The van der Waals surface area contributed by atoms with E-state index in [1.165, 1.54) is 22.3 Å². The average molecular weight is 326 g/mol. The molecule has 0 radical (unpaired) electrons. The van der Waals surface area contributed by atoms with Crippen LogP contribution < -0.4 is 4.74 Å². The molecule has 2 aromatic carbocycles. The molecule has 2 heteroatoms. The third-order valence-corrected chi connectivity index (χ3v) is 4.38. The Kier molecular flexibility index (Phi) is 7.84. The van der Waals surface area contributed by atoms with Gasteiger partial charge in [-0.1, -0.05) is 35.9 Å². The molecule has 0 unspecified atom stereocenters. The van der Waals surface area contributed by atoms with Crippen LogP contribution in [0.1, 0.15) is 41.5 Å².